The van der Waals surface area contributed by atoms with Crippen LogP contribution in [0.3, 0.4) is 0 Å². The molecule has 0 heterocycles. The normalized spacial score (nSPS) is 11.2. The largest absolute Gasteiger partial charge is 0.496 e. The Hall–Kier alpha value is -1.26. The van der Waals surface area contributed by atoms with E-state index >= 15 is 0 Å². The number of ether oxygens (including phenoxy) is 2. The van der Waals surface area contributed by atoms with E-state index in [1.165, 1.54) is 0 Å². The molecule has 96 valence electrons. The molecule has 1 aromatic carbocycles. The van der Waals surface area contributed by atoms with E-state index in [9.17, 15) is 4.79 Å². The summed E-state index contributed by atoms with van der Waals surface area (Å²) in [5.74, 6) is 0.403. The molecule has 0 aromatic heterocycles. The molecule has 0 aliphatic rings. The Kier molecular flexibility index (Phi) is 7.34. The molecule has 0 bridgehead atoms. The molecule has 0 saturated heterocycles. The molecule has 0 amide bonds. The van der Waals surface area contributed by atoms with Gasteiger partial charge in [-0.3, -0.25) is 4.79 Å². The number of methoxy groups -OCH3 is 1. The summed E-state index contributed by atoms with van der Waals surface area (Å²) in [6, 6.07) is 7.00. The number of benzene rings is 1. The van der Waals surface area contributed by atoms with Gasteiger partial charge in [0.15, 0.2) is 0 Å². The van der Waals surface area contributed by atoms with E-state index in [0.717, 1.165) is 5.56 Å². The number of carbonyl (C=O) groups excluding carboxylic acids is 1. The van der Waals surface area contributed by atoms with Crippen molar-refractivity contribution in [2.75, 3.05) is 13.7 Å². The predicted molar refractivity (Wildman–Crippen MR) is 68.4 cm³/mol. The molecule has 0 spiro atoms. The van der Waals surface area contributed by atoms with Crippen molar-refractivity contribution in [3.8, 4) is 5.75 Å². The Morgan fingerprint density at radius 3 is 2.65 bits per heavy atom. The maximum absolute atomic E-state index is 11.3. The van der Waals surface area contributed by atoms with Crippen molar-refractivity contribution < 1.29 is 14.3 Å². The molecule has 5 heteroatoms. The Labute approximate surface area is 108 Å². The van der Waals surface area contributed by atoms with Gasteiger partial charge in [0.2, 0.25) is 0 Å². The third-order valence-corrected chi connectivity index (χ3v) is 2.23. The fourth-order valence-electron chi connectivity index (χ4n) is 1.48. The number of hydrogen-bond acceptors (Lipinski definition) is 4. The van der Waals surface area contributed by atoms with Crippen LogP contribution in [0.5, 0.6) is 5.75 Å². The minimum absolute atomic E-state index is 0. The van der Waals surface area contributed by atoms with Crippen molar-refractivity contribution in [2.24, 2.45) is 5.73 Å². The van der Waals surface area contributed by atoms with Crippen molar-refractivity contribution in [3.63, 3.8) is 0 Å². The van der Waals surface area contributed by atoms with Gasteiger partial charge in [-0.1, -0.05) is 18.2 Å². The highest BCUT2D eigenvalue weighted by Gasteiger charge is 2.15. The molecular weight excluding hydrogens is 242 g/mol. The minimum atomic E-state index is -0.393. The average molecular weight is 260 g/mol. The Morgan fingerprint density at radius 1 is 1.41 bits per heavy atom. The Balaban J connectivity index is 0.00000256. The zero-order chi connectivity index (χ0) is 12.0. The Bertz CT molecular complexity index is 357. The van der Waals surface area contributed by atoms with Gasteiger partial charge in [0.05, 0.1) is 20.1 Å². The van der Waals surface area contributed by atoms with Crippen molar-refractivity contribution in [3.05, 3.63) is 29.8 Å². The summed E-state index contributed by atoms with van der Waals surface area (Å²) in [4.78, 5) is 11.3. The topological polar surface area (TPSA) is 61.5 Å². The lowest BCUT2D eigenvalue weighted by Gasteiger charge is -2.14. The van der Waals surface area contributed by atoms with E-state index < -0.39 is 6.04 Å². The highest BCUT2D eigenvalue weighted by atomic mass is 35.5. The number of para-hydroxylation sites is 1. The summed E-state index contributed by atoms with van der Waals surface area (Å²) in [5, 5.41) is 0. The summed E-state index contributed by atoms with van der Waals surface area (Å²) in [7, 11) is 1.58. The van der Waals surface area contributed by atoms with Crippen molar-refractivity contribution in [1.29, 1.82) is 0 Å². The lowest BCUT2D eigenvalue weighted by molar-refractivity contribution is -0.143. The summed E-state index contributed by atoms with van der Waals surface area (Å²) in [6.07, 6.45) is 0.161. The van der Waals surface area contributed by atoms with E-state index in [1.54, 1.807) is 14.0 Å². The second kappa shape index (κ2) is 7.92. The minimum Gasteiger partial charge on any atom is -0.496 e. The van der Waals surface area contributed by atoms with Crippen LogP contribution in [-0.4, -0.2) is 19.7 Å². The molecule has 1 atom stereocenters. The van der Waals surface area contributed by atoms with E-state index in [4.69, 9.17) is 15.2 Å². The SMILES string of the molecule is CCOC(=O)C[C@H](N)c1ccccc1OC.Cl. The van der Waals surface area contributed by atoms with Gasteiger partial charge in [-0.25, -0.2) is 0 Å². The lowest BCUT2D eigenvalue weighted by Crippen LogP contribution is -2.17. The van der Waals surface area contributed by atoms with Crippen LogP contribution >= 0.6 is 12.4 Å². The molecule has 0 aliphatic heterocycles. The number of carbonyl (C=O) groups is 1. The molecule has 0 unspecified atom stereocenters. The Morgan fingerprint density at radius 2 is 2.06 bits per heavy atom. The summed E-state index contributed by atoms with van der Waals surface area (Å²) < 4.78 is 10.0. The third kappa shape index (κ3) is 4.63. The van der Waals surface area contributed by atoms with E-state index in [-0.39, 0.29) is 24.8 Å². The average Bonchev–Trinajstić information content (AvgIpc) is 2.29. The first-order valence-corrected chi connectivity index (χ1v) is 5.23. The van der Waals surface area contributed by atoms with Crippen molar-refractivity contribution >= 4 is 18.4 Å². The molecule has 2 N–H and O–H groups in total. The van der Waals surface area contributed by atoms with Crippen LogP contribution in [0.25, 0.3) is 0 Å². The highest BCUT2D eigenvalue weighted by Crippen LogP contribution is 2.25. The summed E-state index contributed by atoms with van der Waals surface area (Å²) in [6.45, 7) is 2.14. The molecule has 1 rings (SSSR count). The molecule has 0 aliphatic carbocycles. The van der Waals surface area contributed by atoms with Crippen LogP contribution in [0.15, 0.2) is 24.3 Å². The molecule has 1 aromatic rings. The fourth-order valence-corrected chi connectivity index (χ4v) is 1.48. The quantitative estimate of drug-likeness (QED) is 0.823. The van der Waals surface area contributed by atoms with Gasteiger partial charge in [0.25, 0.3) is 0 Å². The fraction of sp³-hybridized carbons (Fsp3) is 0.417. The molecule has 0 saturated carbocycles. The number of rotatable bonds is 5. The van der Waals surface area contributed by atoms with Crippen LogP contribution in [0.4, 0.5) is 0 Å². The zero-order valence-corrected chi connectivity index (χ0v) is 10.8. The number of halogens is 1. The van der Waals surface area contributed by atoms with Crippen LogP contribution in [-0.2, 0) is 9.53 Å². The van der Waals surface area contributed by atoms with Crippen LogP contribution in [0.2, 0.25) is 0 Å². The van der Waals surface area contributed by atoms with E-state index in [0.29, 0.717) is 12.4 Å². The highest BCUT2D eigenvalue weighted by molar-refractivity contribution is 5.85. The van der Waals surface area contributed by atoms with Crippen LogP contribution in [0, 0.1) is 0 Å². The third-order valence-electron chi connectivity index (χ3n) is 2.23. The first kappa shape index (κ1) is 15.7. The maximum atomic E-state index is 11.3. The maximum Gasteiger partial charge on any atom is 0.307 e. The first-order valence-electron chi connectivity index (χ1n) is 5.23. The van der Waals surface area contributed by atoms with Crippen molar-refractivity contribution in [2.45, 2.75) is 19.4 Å². The van der Waals surface area contributed by atoms with E-state index in [1.807, 2.05) is 24.3 Å². The van der Waals surface area contributed by atoms with Gasteiger partial charge in [0.1, 0.15) is 5.75 Å². The monoisotopic (exact) mass is 259 g/mol. The lowest BCUT2D eigenvalue weighted by atomic mass is 10.0. The van der Waals surface area contributed by atoms with Gasteiger partial charge in [-0.15, -0.1) is 12.4 Å². The first-order chi connectivity index (χ1) is 7.69. The zero-order valence-electron chi connectivity index (χ0n) is 10.0. The van der Waals surface area contributed by atoms with Crippen LogP contribution in [0.1, 0.15) is 24.9 Å². The second-order valence-electron chi connectivity index (χ2n) is 3.36. The predicted octanol–water partition coefficient (Wildman–Crippen LogP) is 2.07. The number of nitrogens with two attached hydrogens (primary N) is 1. The molecule has 4 nitrogen and oxygen atoms in total. The molecule has 0 fully saturated rings. The standard InChI is InChI=1S/C12H17NO3.ClH/c1-3-16-12(14)8-10(13)9-6-4-5-7-11(9)15-2;/h4-7,10H,3,8,13H2,1-2H3;1H/t10-;/m0./s1. The molecule has 17 heavy (non-hydrogen) atoms. The van der Waals surface area contributed by atoms with Gasteiger partial charge >= 0.3 is 5.97 Å². The molecule has 0 radical (unpaired) electrons. The number of hydrogen-bond donors (Lipinski definition) is 1. The van der Waals surface area contributed by atoms with Gasteiger partial charge in [-0.05, 0) is 13.0 Å². The van der Waals surface area contributed by atoms with Gasteiger partial charge in [-0.2, -0.15) is 0 Å². The summed E-state index contributed by atoms with van der Waals surface area (Å²) in [5.41, 5.74) is 6.74. The van der Waals surface area contributed by atoms with Crippen molar-refractivity contribution in [1.82, 2.24) is 0 Å². The summed E-state index contributed by atoms with van der Waals surface area (Å²) >= 11 is 0. The van der Waals surface area contributed by atoms with Gasteiger partial charge < -0.3 is 15.2 Å². The van der Waals surface area contributed by atoms with Crippen LogP contribution < -0.4 is 10.5 Å². The second-order valence-corrected chi connectivity index (χ2v) is 3.36. The smallest absolute Gasteiger partial charge is 0.307 e. The number of esters is 1. The van der Waals surface area contributed by atoms with E-state index in [2.05, 4.69) is 0 Å². The van der Waals surface area contributed by atoms with Gasteiger partial charge in [0, 0.05) is 11.6 Å². The molecular formula is C12H18ClNO3.